The minimum atomic E-state index is 1.10. The summed E-state index contributed by atoms with van der Waals surface area (Å²) in [6.07, 6.45) is 3.72. The zero-order valence-corrected chi connectivity index (χ0v) is 16.3. The van der Waals surface area contributed by atoms with Crippen LogP contribution in [0.4, 0.5) is 5.69 Å². The molecule has 0 amide bonds. The van der Waals surface area contributed by atoms with Crippen LogP contribution >= 0.6 is 0 Å². The molecule has 1 saturated heterocycles. The van der Waals surface area contributed by atoms with E-state index in [-0.39, 0.29) is 0 Å². The van der Waals surface area contributed by atoms with Gasteiger partial charge >= 0.3 is 0 Å². The molecule has 3 heteroatoms. The fraction of sp³-hybridized carbons (Fsp3) is 0.700. The van der Waals surface area contributed by atoms with Crippen molar-refractivity contribution in [2.24, 2.45) is 0 Å². The molecule has 1 aromatic carbocycles. The first-order chi connectivity index (χ1) is 11.3. The van der Waals surface area contributed by atoms with Crippen LogP contribution in [0.25, 0.3) is 0 Å². The van der Waals surface area contributed by atoms with Crippen LogP contribution in [0.1, 0.15) is 51.7 Å². The number of piperazine rings is 1. The number of hydrogen-bond acceptors (Lipinski definition) is 3. The summed E-state index contributed by atoms with van der Waals surface area (Å²) in [5.41, 5.74) is 4.29. The van der Waals surface area contributed by atoms with Crippen molar-refractivity contribution < 1.29 is 0 Å². The average molecular weight is 322 g/mol. The Balaban J connectivity index is 0.00000112. The van der Waals surface area contributed by atoms with Crippen LogP contribution in [-0.2, 0) is 6.42 Å². The van der Waals surface area contributed by atoms with Crippen LogP contribution in [0.3, 0.4) is 0 Å². The first-order valence-corrected chi connectivity index (χ1v) is 9.50. The van der Waals surface area contributed by atoms with E-state index in [1.54, 1.807) is 0 Å². The van der Waals surface area contributed by atoms with Crippen LogP contribution in [0.5, 0.6) is 0 Å². The molecule has 1 fully saturated rings. The maximum atomic E-state index is 3.41. The number of nitrogens with zero attached hydrogens (tertiary/aromatic N) is 1. The van der Waals surface area contributed by atoms with Crippen molar-refractivity contribution in [3.63, 3.8) is 0 Å². The summed E-state index contributed by atoms with van der Waals surface area (Å²) in [5, 5.41) is 6.63. The summed E-state index contributed by atoms with van der Waals surface area (Å²) in [6.45, 7) is 15.8. The van der Waals surface area contributed by atoms with Gasteiger partial charge in [-0.1, -0.05) is 33.8 Å². The van der Waals surface area contributed by atoms with E-state index in [2.05, 4.69) is 40.7 Å². The van der Waals surface area contributed by atoms with E-state index >= 15 is 0 Å². The van der Waals surface area contributed by atoms with Gasteiger partial charge in [0, 0.05) is 31.9 Å². The Labute approximate surface area is 144 Å². The summed E-state index contributed by atoms with van der Waals surface area (Å²) in [4.78, 5) is 2.50. The lowest BCUT2D eigenvalue weighted by atomic mass is 10.0. The van der Waals surface area contributed by atoms with Gasteiger partial charge in [-0.2, -0.15) is 0 Å². The average Bonchev–Trinajstić information content (AvgIpc) is 2.62. The molecule has 0 atom stereocenters. The van der Waals surface area contributed by atoms with E-state index in [9.17, 15) is 0 Å². The molecule has 134 valence electrons. The molecule has 0 aromatic heterocycles. The Morgan fingerprint density at radius 3 is 2.26 bits per heavy atom. The highest BCUT2D eigenvalue weighted by Crippen LogP contribution is 2.20. The first kappa shape index (κ1) is 21.9. The molecule has 1 aliphatic heterocycles. The second-order valence-electron chi connectivity index (χ2n) is 5.47. The molecule has 1 aliphatic rings. The van der Waals surface area contributed by atoms with Gasteiger partial charge < -0.3 is 15.5 Å². The van der Waals surface area contributed by atoms with Crippen LogP contribution in [0, 0.1) is 6.92 Å². The highest BCUT2D eigenvalue weighted by molar-refractivity contribution is 5.51. The Morgan fingerprint density at radius 1 is 1.00 bits per heavy atom. The number of unbranched alkanes of at least 4 members (excludes halogenated alkanes) is 1. The molecule has 0 spiro atoms. The molecule has 0 unspecified atom stereocenters. The summed E-state index contributed by atoms with van der Waals surface area (Å²) >= 11 is 0. The van der Waals surface area contributed by atoms with Gasteiger partial charge in [-0.3, -0.25) is 0 Å². The Hall–Kier alpha value is -1.06. The van der Waals surface area contributed by atoms with Gasteiger partial charge in [0.25, 0.3) is 0 Å². The van der Waals surface area contributed by atoms with Crippen molar-refractivity contribution in [2.75, 3.05) is 44.7 Å². The highest BCUT2D eigenvalue weighted by atomic mass is 15.2. The molecule has 0 radical (unpaired) electrons. The molecule has 23 heavy (non-hydrogen) atoms. The third-order valence-corrected chi connectivity index (χ3v) is 3.75. The van der Waals surface area contributed by atoms with Gasteiger partial charge in [0.15, 0.2) is 0 Å². The van der Waals surface area contributed by atoms with E-state index in [0.29, 0.717) is 0 Å². The van der Waals surface area contributed by atoms with Gasteiger partial charge in [0.1, 0.15) is 0 Å². The topological polar surface area (TPSA) is 27.3 Å². The number of anilines is 1. The zero-order valence-electron chi connectivity index (χ0n) is 16.3. The lowest BCUT2D eigenvalue weighted by molar-refractivity contribution is 0.589. The summed E-state index contributed by atoms with van der Waals surface area (Å²) < 4.78 is 0. The van der Waals surface area contributed by atoms with Crippen molar-refractivity contribution in [3.05, 3.63) is 29.3 Å². The van der Waals surface area contributed by atoms with Gasteiger partial charge in [-0.15, -0.1) is 0 Å². The molecule has 0 saturated carbocycles. The van der Waals surface area contributed by atoms with E-state index < -0.39 is 0 Å². The standard InChI is InChI=1S/C16H27N3.2C2H6/c1-14-11-15(5-3-4-6-17-2)13-16(12-14)19-9-7-18-8-10-19;2*1-2/h11-13,17-18H,3-10H2,1-2H3;2*1-2H3. The van der Waals surface area contributed by atoms with Crippen LogP contribution in [0.15, 0.2) is 18.2 Å². The molecule has 2 N–H and O–H groups in total. The van der Waals surface area contributed by atoms with Crippen molar-refractivity contribution in [1.82, 2.24) is 10.6 Å². The van der Waals surface area contributed by atoms with Gasteiger partial charge in [-0.25, -0.2) is 0 Å². The second kappa shape index (κ2) is 14.5. The summed E-state index contributed by atoms with van der Waals surface area (Å²) in [6, 6.07) is 7.05. The number of nitrogens with one attached hydrogen (secondary N) is 2. The summed E-state index contributed by atoms with van der Waals surface area (Å²) in [7, 11) is 2.02. The monoisotopic (exact) mass is 321 g/mol. The van der Waals surface area contributed by atoms with E-state index in [1.807, 2.05) is 34.7 Å². The summed E-state index contributed by atoms with van der Waals surface area (Å²) in [5.74, 6) is 0. The van der Waals surface area contributed by atoms with Crippen molar-refractivity contribution in [1.29, 1.82) is 0 Å². The fourth-order valence-electron chi connectivity index (χ4n) is 2.72. The molecule has 0 aliphatic carbocycles. The predicted molar refractivity (Wildman–Crippen MR) is 106 cm³/mol. The molecule has 0 bridgehead atoms. The Kier molecular flexibility index (Phi) is 13.9. The Bertz CT molecular complexity index is 384. The number of benzene rings is 1. The van der Waals surface area contributed by atoms with E-state index in [0.717, 1.165) is 32.7 Å². The van der Waals surface area contributed by atoms with Crippen LogP contribution in [0.2, 0.25) is 0 Å². The quantitative estimate of drug-likeness (QED) is 0.776. The molecule has 3 nitrogen and oxygen atoms in total. The predicted octanol–water partition coefficient (Wildman–Crippen LogP) is 4.00. The highest BCUT2D eigenvalue weighted by Gasteiger charge is 2.11. The van der Waals surface area contributed by atoms with Gasteiger partial charge in [0.2, 0.25) is 0 Å². The second-order valence-corrected chi connectivity index (χ2v) is 5.47. The SMILES string of the molecule is CC.CC.CNCCCCc1cc(C)cc(N2CCNCC2)c1. The first-order valence-electron chi connectivity index (χ1n) is 9.50. The molecule has 1 heterocycles. The molecular weight excluding hydrogens is 282 g/mol. The minimum absolute atomic E-state index is 1.10. The largest absolute Gasteiger partial charge is 0.369 e. The fourth-order valence-corrected chi connectivity index (χ4v) is 2.72. The van der Waals surface area contributed by atoms with Crippen molar-refractivity contribution in [2.45, 2.75) is 53.9 Å². The minimum Gasteiger partial charge on any atom is -0.369 e. The normalized spacial score (nSPS) is 13.6. The maximum absolute atomic E-state index is 3.41. The molecule has 2 rings (SSSR count). The van der Waals surface area contributed by atoms with E-state index in [1.165, 1.54) is 36.1 Å². The molecular formula is C20H39N3. The smallest absolute Gasteiger partial charge is 0.0372 e. The lowest BCUT2D eigenvalue weighted by Gasteiger charge is -2.30. The van der Waals surface area contributed by atoms with Gasteiger partial charge in [0.05, 0.1) is 0 Å². The molecule has 1 aromatic rings. The zero-order chi connectivity index (χ0) is 17.5. The van der Waals surface area contributed by atoms with E-state index in [4.69, 9.17) is 0 Å². The van der Waals surface area contributed by atoms with Gasteiger partial charge in [-0.05, 0) is 63.0 Å². The number of aryl methyl sites for hydroxylation is 2. The van der Waals surface area contributed by atoms with Crippen molar-refractivity contribution in [3.8, 4) is 0 Å². The van der Waals surface area contributed by atoms with Crippen LogP contribution < -0.4 is 15.5 Å². The number of rotatable bonds is 6. The maximum Gasteiger partial charge on any atom is 0.0372 e. The third kappa shape index (κ3) is 8.97. The van der Waals surface area contributed by atoms with Crippen molar-refractivity contribution >= 4 is 5.69 Å². The number of hydrogen-bond donors (Lipinski definition) is 2. The van der Waals surface area contributed by atoms with Crippen LogP contribution in [-0.4, -0.2) is 39.8 Å². The Morgan fingerprint density at radius 2 is 1.65 bits per heavy atom. The third-order valence-electron chi connectivity index (χ3n) is 3.75. The lowest BCUT2D eigenvalue weighted by Crippen LogP contribution is -2.43.